The predicted octanol–water partition coefficient (Wildman–Crippen LogP) is 5.68. The van der Waals surface area contributed by atoms with Gasteiger partial charge in [-0.15, -0.1) is 0 Å². The van der Waals surface area contributed by atoms with Gasteiger partial charge in [0.15, 0.2) is 0 Å². The van der Waals surface area contributed by atoms with E-state index in [9.17, 15) is 28.4 Å². The summed E-state index contributed by atoms with van der Waals surface area (Å²) in [6, 6.07) is 9.00. The van der Waals surface area contributed by atoms with Crippen LogP contribution in [-0.4, -0.2) is 131 Å². The highest BCUT2D eigenvalue weighted by atomic mass is 35.5. The van der Waals surface area contributed by atoms with Gasteiger partial charge in [0.1, 0.15) is 41.7 Å². The number of nitrogens with one attached hydrogen (secondary N) is 3. The van der Waals surface area contributed by atoms with Crippen molar-refractivity contribution in [2.75, 3.05) is 68.0 Å². The monoisotopic (exact) mass is 925 g/mol. The highest BCUT2D eigenvalue weighted by Crippen LogP contribution is 2.37. The summed E-state index contributed by atoms with van der Waals surface area (Å²) in [5.41, 5.74) is 1.75. The van der Waals surface area contributed by atoms with E-state index < -0.39 is 41.3 Å². The number of amides is 5. The van der Waals surface area contributed by atoms with Crippen LogP contribution in [0, 0.1) is 17.6 Å². The molecule has 3 aromatic carbocycles. The SMILES string of the molecule is CC1CN(CC2CCN(C/C=C/C(=O)Nc3cc4c(Nc5ccc(F)c(Cl)c5)ncnc4cc3O[C@H]3CCOC3)CC2)CC(C)N1c1cc2c(cc1F)C(=O)N(C1CCC(=O)NC1=O)C2=O. The van der Waals surface area contributed by atoms with Crippen LogP contribution in [0.1, 0.15) is 66.7 Å². The zero-order valence-electron chi connectivity index (χ0n) is 36.5. The smallest absolute Gasteiger partial charge is 0.262 e. The average Bonchev–Trinajstić information content (AvgIpc) is 3.88. The molecular formula is C47H50ClF2N9O7. The molecule has 6 heterocycles. The number of rotatable bonds is 12. The molecule has 4 atom stereocenters. The number of hydrogen-bond acceptors (Lipinski definition) is 13. The first-order valence-electron chi connectivity index (χ1n) is 22.3. The van der Waals surface area contributed by atoms with Crippen LogP contribution in [0.3, 0.4) is 0 Å². The second-order valence-corrected chi connectivity index (χ2v) is 18.1. The summed E-state index contributed by atoms with van der Waals surface area (Å²) in [7, 11) is 0. The molecule has 5 aliphatic heterocycles. The molecular weight excluding hydrogens is 876 g/mol. The minimum absolute atomic E-state index is 0.00101. The van der Waals surface area contributed by atoms with Crippen molar-refractivity contribution in [2.24, 2.45) is 5.92 Å². The normalized spacial score (nSPS) is 23.2. The molecule has 4 fully saturated rings. The number of anilines is 4. The second kappa shape index (κ2) is 19.0. The van der Waals surface area contributed by atoms with Crippen LogP contribution >= 0.6 is 11.6 Å². The molecule has 346 valence electrons. The number of fused-ring (bicyclic) bond motifs is 2. The summed E-state index contributed by atoms with van der Waals surface area (Å²) in [5.74, 6) is -2.71. The molecule has 1 aromatic heterocycles. The number of benzene rings is 3. The molecule has 5 aliphatic rings. The zero-order valence-corrected chi connectivity index (χ0v) is 37.3. The number of piperazine rings is 1. The van der Waals surface area contributed by atoms with Gasteiger partial charge in [-0.25, -0.2) is 18.7 Å². The van der Waals surface area contributed by atoms with Crippen LogP contribution in [0.5, 0.6) is 5.75 Å². The van der Waals surface area contributed by atoms with Crippen molar-refractivity contribution >= 4 is 74.9 Å². The van der Waals surface area contributed by atoms with Crippen molar-refractivity contribution in [3.05, 3.63) is 88.7 Å². The van der Waals surface area contributed by atoms with Gasteiger partial charge >= 0.3 is 0 Å². The number of likely N-dealkylation sites (tertiary alicyclic amines) is 1. The van der Waals surface area contributed by atoms with Crippen molar-refractivity contribution in [2.45, 2.75) is 70.2 Å². The molecule has 9 rings (SSSR count). The minimum atomic E-state index is -1.12. The quantitative estimate of drug-likeness (QED) is 0.117. The lowest BCUT2D eigenvalue weighted by Crippen LogP contribution is -2.58. The van der Waals surface area contributed by atoms with Crippen molar-refractivity contribution in [1.82, 2.24) is 30.0 Å². The third kappa shape index (κ3) is 9.45. The largest absolute Gasteiger partial charge is 0.486 e. The number of ether oxygens (including phenoxy) is 2. The molecule has 0 radical (unpaired) electrons. The first-order valence-corrected chi connectivity index (χ1v) is 22.7. The number of carbonyl (C=O) groups is 5. The van der Waals surface area contributed by atoms with Crippen LogP contribution in [0.2, 0.25) is 5.02 Å². The number of aromatic nitrogens is 2. The number of hydrogen-bond donors (Lipinski definition) is 3. The van der Waals surface area contributed by atoms with E-state index in [-0.39, 0.29) is 58.8 Å². The maximum Gasteiger partial charge on any atom is 0.262 e. The molecule has 16 nitrogen and oxygen atoms in total. The number of halogens is 3. The first-order chi connectivity index (χ1) is 31.8. The Balaban J connectivity index is 0.782. The van der Waals surface area contributed by atoms with Crippen LogP contribution in [-0.2, 0) is 19.1 Å². The highest BCUT2D eigenvalue weighted by Gasteiger charge is 2.46. The van der Waals surface area contributed by atoms with E-state index >= 15 is 4.39 Å². The minimum Gasteiger partial charge on any atom is -0.486 e. The predicted molar refractivity (Wildman–Crippen MR) is 242 cm³/mol. The van der Waals surface area contributed by atoms with Gasteiger partial charge in [0.2, 0.25) is 17.7 Å². The van der Waals surface area contributed by atoms with Gasteiger partial charge in [-0.3, -0.25) is 44.0 Å². The van der Waals surface area contributed by atoms with Gasteiger partial charge < -0.3 is 25.0 Å². The zero-order chi connectivity index (χ0) is 46.2. The molecule has 3 unspecified atom stereocenters. The Bertz CT molecular complexity index is 2610. The van der Waals surface area contributed by atoms with E-state index in [1.807, 2.05) is 24.8 Å². The molecule has 66 heavy (non-hydrogen) atoms. The first kappa shape index (κ1) is 45.1. The lowest BCUT2D eigenvalue weighted by molar-refractivity contribution is -0.136. The van der Waals surface area contributed by atoms with Gasteiger partial charge in [0, 0.05) is 74.3 Å². The third-order valence-corrected chi connectivity index (χ3v) is 13.3. The van der Waals surface area contributed by atoms with E-state index in [1.54, 1.807) is 18.2 Å². The van der Waals surface area contributed by atoms with Gasteiger partial charge in [-0.05, 0) is 88.5 Å². The van der Waals surface area contributed by atoms with Gasteiger partial charge in [0.05, 0.1) is 46.3 Å². The molecule has 0 spiro atoms. The highest BCUT2D eigenvalue weighted by molar-refractivity contribution is 6.31. The Hall–Kier alpha value is -6.08. The second-order valence-electron chi connectivity index (χ2n) is 17.7. The molecule has 3 N–H and O–H groups in total. The Kier molecular flexibility index (Phi) is 13.0. The fraction of sp³-hybridized carbons (Fsp3) is 0.426. The fourth-order valence-electron chi connectivity index (χ4n) is 9.81. The van der Waals surface area contributed by atoms with Crippen molar-refractivity contribution in [1.29, 1.82) is 0 Å². The standard InChI is InChI=1S/C47H50ClF2N9O7/c1-26-21-57(22-27(2)58(26)40-19-32-31(17-36(40)50)46(63)59(47(32)64)39-7-8-43(61)55-45(39)62)23-28-9-13-56(14-10-28)12-3-4-42(60)54-38-18-33-37(20-41(38)66-30-11-15-65-24-30)51-25-52-44(33)53-29-5-6-35(49)34(48)16-29/h3-6,16-20,25-28,30,39H,7-15,21-24H2,1-2H3,(H,54,60)(H,51,52,53)(H,55,61,62)/b4-3+/t26?,27?,30-,39?/m0/s1. The van der Waals surface area contributed by atoms with E-state index in [0.717, 1.165) is 43.4 Å². The summed E-state index contributed by atoms with van der Waals surface area (Å²) in [5, 5.41) is 8.91. The summed E-state index contributed by atoms with van der Waals surface area (Å²) >= 11 is 6.02. The van der Waals surface area contributed by atoms with E-state index in [4.69, 9.17) is 21.1 Å². The molecule has 5 amide bonds. The Labute approximate surface area is 384 Å². The number of piperidine rings is 2. The Morgan fingerprint density at radius 3 is 2.41 bits per heavy atom. The van der Waals surface area contributed by atoms with E-state index in [0.29, 0.717) is 79.0 Å². The van der Waals surface area contributed by atoms with Gasteiger partial charge in [-0.2, -0.15) is 0 Å². The summed E-state index contributed by atoms with van der Waals surface area (Å²) in [4.78, 5) is 80.7. The summed E-state index contributed by atoms with van der Waals surface area (Å²) in [6.45, 7) is 9.65. The van der Waals surface area contributed by atoms with Crippen LogP contribution in [0.15, 0.2) is 60.9 Å². The number of nitrogens with zero attached hydrogens (tertiary/aromatic N) is 6. The molecule has 19 heteroatoms. The van der Waals surface area contributed by atoms with Crippen molar-refractivity contribution in [3.8, 4) is 5.75 Å². The van der Waals surface area contributed by atoms with Gasteiger partial charge in [-0.1, -0.05) is 17.7 Å². The molecule has 0 aliphatic carbocycles. The molecule has 4 saturated heterocycles. The molecule has 0 saturated carbocycles. The number of imide groups is 2. The van der Waals surface area contributed by atoms with Crippen molar-refractivity contribution < 1.29 is 42.2 Å². The van der Waals surface area contributed by atoms with Crippen LogP contribution in [0.25, 0.3) is 10.9 Å². The average molecular weight is 926 g/mol. The van der Waals surface area contributed by atoms with Crippen LogP contribution < -0.4 is 25.6 Å². The number of carbonyl (C=O) groups excluding carboxylic acids is 5. The molecule has 4 aromatic rings. The third-order valence-electron chi connectivity index (χ3n) is 13.0. The summed E-state index contributed by atoms with van der Waals surface area (Å²) in [6.07, 6.45) is 7.30. The Morgan fingerprint density at radius 1 is 0.939 bits per heavy atom. The Morgan fingerprint density at radius 2 is 1.70 bits per heavy atom. The van der Waals surface area contributed by atoms with Crippen molar-refractivity contribution in [3.63, 3.8) is 0 Å². The lowest BCUT2D eigenvalue weighted by atomic mass is 9.94. The molecule has 0 bridgehead atoms. The lowest BCUT2D eigenvalue weighted by Gasteiger charge is -2.47. The summed E-state index contributed by atoms with van der Waals surface area (Å²) < 4.78 is 41.5. The fourth-order valence-corrected chi connectivity index (χ4v) is 9.99. The topological polar surface area (TPSA) is 179 Å². The van der Waals surface area contributed by atoms with E-state index in [1.165, 1.54) is 30.6 Å². The maximum atomic E-state index is 15.8. The van der Waals surface area contributed by atoms with Gasteiger partial charge in [0.25, 0.3) is 11.8 Å². The van der Waals surface area contributed by atoms with Crippen LogP contribution in [0.4, 0.5) is 31.7 Å². The maximum absolute atomic E-state index is 15.8. The van der Waals surface area contributed by atoms with E-state index in [2.05, 4.69) is 35.7 Å².